The maximum absolute atomic E-state index is 12.0. The first-order valence-corrected chi connectivity index (χ1v) is 9.81. The predicted molar refractivity (Wildman–Crippen MR) is 91.3 cm³/mol. The van der Waals surface area contributed by atoms with E-state index < -0.39 is 10.0 Å². The number of anilines is 1. The van der Waals surface area contributed by atoms with Gasteiger partial charge in [0.25, 0.3) is 0 Å². The van der Waals surface area contributed by atoms with E-state index in [9.17, 15) is 13.2 Å². The number of rotatable bonds is 7. The van der Waals surface area contributed by atoms with Gasteiger partial charge < -0.3 is 11.1 Å². The van der Waals surface area contributed by atoms with E-state index in [2.05, 4.69) is 10.0 Å². The molecular formula is C16H25N3O3S. The molecule has 1 amide bonds. The summed E-state index contributed by atoms with van der Waals surface area (Å²) in [4.78, 5) is 12.0. The monoisotopic (exact) mass is 339 g/mol. The minimum Gasteiger partial charge on any atom is -0.399 e. The van der Waals surface area contributed by atoms with Crippen LogP contribution in [0, 0.1) is 5.92 Å². The van der Waals surface area contributed by atoms with Crippen LogP contribution in [0.5, 0.6) is 0 Å². The number of nitrogens with one attached hydrogen (secondary N) is 2. The van der Waals surface area contributed by atoms with E-state index in [1.165, 1.54) is 6.26 Å². The average molecular weight is 339 g/mol. The highest BCUT2D eigenvalue weighted by Crippen LogP contribution is 2.25. The first-order valence-electron chi connectivity index (χ1n) is 7.92. The fourth-order valence-electron chi connectivity index (χ4n) is 3.05. The molecule has 1 aromatic carbocycles. The molecule has 4 N–H and O–H groups in total. The summed E-state index contributed by atoms with van der Waals surface area (Å²) in [6, 6.07) is 7.45. The summed E-state index contributed by atoms with van der Waals surface area (Å²) >= 11 is 0. The van der Waals surface area contributed by atoms with E-state index in [0.717, 1.165) is 24.8 Å². The van der Waals surface area contributed by atoms with Crippen molar-refractivity contribution in [1.82, 2.24) is 10.0 Å². The van der Waals surface area contributed by atoms with Crippen LogP contribution in [0.25, 0.3) is 0 Å². The van der Waals surface area contributed by atoms with E-state index in [4.69, 9.17) is 5.73 Å². The number of amides is 1. The number of aryl methyl sites for hydroxylation is 1. The van der Waals surface area contributed by atoms with Crippen molar-refractivity contribution >= 4 is 21.6 Å². The van der Waals surface area contributed by atoms with Crippen LogP contribution >= 0.6 is 0 Å². The Labute approximate surface area is 137 Å². The van der Waals surface area contributed by atoms with E-state index in [0.29, 0.717) is 25.1 Å². The van der Waals surface area contributed by atoms with Gasteiger partial charge in [-0.05, 0) is 36.8 Å². The van der Waals surface area contributed by atoms with Crippen LogP contribution in [0.1, 0.15) is 31.2 Å². The topological polar surface area (TPSA) is 101 Å². The number of hydrogen-bond acceptors (Lipinski definition) is 4. The molecule has 0 radical (unpaired) electrons. The zero-order chi connectivity index (χ0) is 16.9. The third kappa shape index (κ3) is 5.84. The van der Waals surface area contributed by atoms with Gasteiger partial charge in [-0.3, -0.25) is 4.79 Å². The third-order valence-electron chi connectivity index (χ3n) is 4.26. The highest BCUT2D eigenvalue weighted by molar-refractivity contribution is 7.88. The summed E-state index contributed by atoms with van der Waals surface area (Å²) in [6.07, 6.45) is 4.89. The first kappa shape index (κ1) is 17.7. The predicted octanol–water partition coefficient (Wildman–Crippen LogP) is 1.04. The zero-order valence-corrected chi connectivity index (χ0v) is 14.2. The van der Waals surface area contributed by atoms with Crippen molar-refractivity contribution in [2.45, 2.75) is 38.1 Å². The molecule has 2 rings (SSSR count). The minimum atomic E-state index is -3.21. The Morgan fingerprint density at radius 2 is 2.04 bits per heavy atom. The molecule has 2 atom stereocenters. The number of nitrogen functional groups attached to an aromatic ring is 1. The molecule has 1 fully saturated rings. The van der Waals surface area contributed by atoms with E-state index in [1.54, 1.807) is 0 Å². The van der Waals surface area contributed by atoms with Crippen molar-refractivity contribution in [3.63, 3.8) is 0 Å². The van der Waals surface area contributed by atoms with Crippen LogP contribution in [0.3, 0.4) is 0 Å². The maximum Gasteiger partial charge on any atom is 0.220 e. The maximum atomic E-state index is 12.0. The molecule has 23 heavy (non-hydrogen) atoms. The molecule has 0 aromatic heterocycles. The lowest BCUT2D eigenvalue weighted by Gasteiger charge is -2.20. The third-order valence-corrected chi connectivity index (χ3v) is 4.99. The van der Waals surface area contributed by atoms with Crippen molar-refractivity contribution in [2.24, 2.45) is 5.92 Å². The van der Waals surface area contributed by atoms with Crippen molar-refractivity contribution in [2.75, 3.05) is 18.5 Å². The number of hydrogen-bond donors (Lipinski definition) is 3. The molecule has 0 aliphatic heterocycles. The Kier molecular flexibility index (Phi) is 6.01. The van der Waals surface area contributed by atoms with Gasteiger partial charge in [-0.25, -0.2) is 13.1 Å². The van der Waals surface area contributed by atoms with Gasteiger partial charge in [0.15, 0.2) is 0 Å². The van der Waals surface area contributed by atoms with Crippen LogP contribution in [0.4, 0.5) is 5.69 Å². The Morgan fingerprint density at radius 1 is 1.30 bits per heavy atom. The standard InChI is InChI=1S/C16H25N3O3S/c1-23(21,22)19-15-8-4-6-13(15)11-18-16(20)10-9-12-5-2-3-7-14(12)17/h2-3,5,7,13,15,19H,4,6,8-11,17H2,1H3,(H,18,20). The van der Waals surface area contributed by atoms with Gasteiger partial charge in [0.2, 0.25) is 15.9 Å². The second-order valence-electron chi connectivity index (χ2n) is 6.19. The zero-order valence-electron chi connectivity index (χ0n) is 13.4. The van der Waals surface area contributed by atoms with Crippen LogP contribution in [-0.4, -0.2) is 33.2 Å². The van der Waals surface area contributed by atoms with E-state index in [-0.39, 0.29) is 17.9 Å². The highest BCUT2D eigenvalue weighted by atomic mass is 32.2. The van der Waals surface area contributed by atoms with Gasteiger partial charge in [-0.15, -0.1) is 0 Å². The summed E-state index contributed by atoms with van der Waals surface area (Å²) < 4.78 is 25.4. The van der Waals surface area contributed by atoms with Crippen molar-refractivity contribution in [3.8, 4) is 0 Å². The van der Waals surface area contributed by atoms with E-state index in [1.807, 2.05) is 24.3 Å². The van der Waals surface area contributed by atoms with Crippen LogP contribution in [-0.2, 0) is 21.2 Å². The van der Waals surface area contributed by atoms with Gasteiger partial charge in [0.1, 0.15) is 0 Å². The Bertz CT molecular complexity index is 646. The molecule has 2 unspecified atom stereocenters. The van der Waals surface area contributed by atoms with Gasteiger partial charge >= 0.3 is 0 Å². The molecule has 1 aliphatic carbocycles. The molecule has 1 saturated carbocycles. The lowest BCUT2D eigenvalue weighted by atomic mass is 10.0. The Balaban J connectivity index is 1.77. The van der Waals surface area contributed by atoms with Crippen molar-refractivity contribution in [3.05, 3.63) is 29.8 Å². The lowest BCUT2D eigenvalue weighted by molar-refractivity contribution is -0.121. The van der Waals surface area contributed by atoms with Gasteiger partial charge in [0, 0.05) is 24.7 Å². The average Bonchev–Trinajstić information content (AvgIpc) is 2.89. The van der Waals surface area contributed by atoms with Gasteiger partial charge in [0.05, 0.1) is 6.26 Å². The number of carbonyl (C=O) groups excluding carboxylic acids is 1. The summed E-state index contributed by atoms with van der Waals surface area (Å²) in [5, 5.41) is 2.92. The second-order valence-corrected chi connectivity index (χ2v) is 7.97. The number of sulfonamides is 1. The molecule has 0 bridgehead atoms. The molecule has 1 aromatic rings. The molecule has 6 nitrogen and oxygen atoms in total. The lowest BCUT2D eigenvalue weighted by Crippen LogP contribution is -2.41. The van der Waals surface area contributed by atoms with E-state index >= 15 is 0 Å². The molecule has 128 valence electrons. The van der Waals surface area contributed by atoms with Crippen LogP contribution in [0.15, 0.2) is 24.3 Å². The number of nitrogens with two attached hydrogens (primary N) is 1. The first-order chi connectivity index (χ1) is 10.8. The number of para-hydroxylation sites is 1. The molecule has 0 spiro atoms. The van der Waals surface area contributed by atoms with Crippen LogP contribution in [0.2, 0.25) is 0 Å². The highest BCUT2D eigenvalue weighted by Gasteiger charge is 2.29. The number of benzene rings is 1. The molecular weight excluding hydrogens is 314 g/mol. The smallest absolute Gasteiger partial charge is 0.220 e. The van der Waals surface area contributed by atoms with Gasteiger partial charge in [-0.1, -0.05) is 24.6 Å². The quantitative estimate of drug-likeness (QED) is 0.646. The second kappa shape index (κ2) is 7.79. The minimum absolute atomic E-state index is 0.0294. The Morgan fingerprint density at radius 3 is 2.74 bits per heavy atom. The summed E-state index contributed by atoms with van der Waals surface area (Å²) in [5.74, 6) is 0.133. The molecule has 0 heterocycles. The number of carbonyl (C=O) groups is 1. The summed E-state index contributed by atoms with van der Waals surface area (Å²) in [7, 11) is -3.21. The van der Waals surface area contributed by atoms with Crippen LogP contribution < -0.4 is 15.8 Å². The molecule has 7 heteroatoms. The molecule has 0 saturated heterocycles. The van der Waals surface area contributed by atoms with Crippen molar-refractivity contribution in [1.29, 1.82) is 0 Å². The fourth-order valence-corrected chi connectivity index (χ4v) is 3.91. The SMILES string of the molecule is CS(=O)(=O)NC1CCCC1CNC(=O)CCc1ccccc1N. The normalized spacial score (nSPS) is 21.3. The summed E-state index contributed by atoms with van der Waals surface area (Å²) in [5.41, 5.74) is 7.54. The fraction of sp³-hybridized carbons (Fsp3) is 0.562. The van der Waals surface area contributed by atoms with Gasteiger partial charge in [-0.2, -0.15) is 0 Å². The summed E-state index contributed by atoms with van der Waals surface area (Å²) in [6.45, 7) is 0.510. The largest absolute Gasteiger partial charge is 0.399 e. The van der Waals surface area contributed by atoms with Crippen molar-refractivity contribution < 1.29 is 13.2 Å². The molecule has 1 aliphatic rings. The Hall–Kier alpha value is -1.60.